The maximum atomic E-state index is 13.5. The molecule has 1 fully saturated rings. The number of carbonyl (C=O) groups is 2. The van der Waals surface area contributed by atoms with Crippen LogP contribution in [0.2, 0.25) is 0 Å². The molecule has 2 N–H and O–H groups in total. The number of furan rings is 1. The van der Waals surface area contributed by atoms with Gasteiger partial charge in [-0.25, -0.2) is 4.39 Å². The minimum absolute atomic E-state index is 0.307. The molecule has 0 bridgehead atoms. The zero-order valence-corrected chi connectivity index (χ0v) is 17.6. The van der Waals surface area contributed by atoms with Crippen LogP contribution in [0.3, 0.4) is 0 Å². The number of amides is 2. The number of nitrogens with zero attached hydrogens (tertiary/aromatic N) is 1. The van der Waals surface area contributed by atoms with Crippen molar-refractivity contribution in [3.05, 3.63) is 64.8 Å². The van der Waals surface area contributed by atoms with Gasteiger partial charge in [-0.3, -0.25) is 14.5 Å². The second-order valence-corrected chi connectivity index (χ2v) is 8.46. The Balaban J connectivity index is 1.38. The van der Waals surface area contributed by atoms with Gasteiger partial charge in [-0.2, -0.15) is 0 Å². The van der Waals surface area contributed by atoms with Crippen molar-refractivity contribution >= 4 is 57.1 Å². The van der Waals surface area contributed by atoms with Crippen LogP contribution in [-0.4, -0.2) is 38.6 Å². The standard InChI is InChI=1S/C21H18FN3O3S2/c1-12(25-20(27)18(30-21(25)29)10-15-3-2-8-28-15)19(26)23-7-6-13-11-24-17-5-4-14(22)9-16(13)17/h2-5,8-12,24H,6-7H2,1H3,(H,23,26)/b18-10+/t12-/m0/s1. The first-order chi connectivity index (χ1) is 14.4. The van der Waals surface area contributed by atoms with E-state index in [4.69, 9.17) is 16.6 Å². The van der Waals surface area contributed by atoms with Crippen molar-refractivity contribution < 1.29 is 18.4 Å². The maximum absolute atomic E-state index is 13.5. The number of benzene rings is 1. The molecule has 1 aliphatic heterocycles. The van der Waals surface area contributed by atoms with Crippen molar-refractivity contribution in [3.63, 3.8) is 0 Å². The van der Waals surface area contributed by atoms with Crippen molar-refractivity contribution in [2.45, 2.75) is 19.4 Å². The molecule has 9 heteroatoms. The third-order valence-corrected chi connectivity index (χ3v) is 6.16. The predicted octanol–water partition coefficient (Wildman–Crippen LogP) is 3.85. The van der Waals surface area contributed by atoms with Crippen LogP contribution in [0.15, 0.2) is 52.1 Å². The summed E-state index contributed by atoms with van der Waals surface area (Å²) in [5, 5.41) is 3.62. The monoisotopic (exact) mass is 443 g/mol. The average molecular weight is 444 g/mol. The Kier molecular flexibility index (Phi) is 5.74. The molecule has 3 aromatic rings. The second kappa shape index (κ2) is 8.45. The number of halogens is 1. The predicted molar refractivity (Wildman–Crippen MR) is 118 cm³/mol. The molecule has 1 aliphatic rings. The van der Waals surface area contributed by atoms with Gasteiger partial charge >= 0.3 is 0 Å². The summed E-state index contributed by atoms with van der Waals surface area (Å²) in [6.07, 6.45) is 5.46. The first-order valence-electron chi connectivity index (χ1n) is 9.28. The summed E-state index contributed by atoms with van der Waals surface area (Å²) >= 11 is 6.44. The summed E-state index contributed by atoms with van der Waals surface area (Å²) in [6.45, 7) is 1.99. The average Bonchev–Trinajstić information content (AvgIpc) is 3.43. The number of nitrogens with one attached hydrogen (secondary N) is 2. The Morgan fingerprint density at radius 3 is 3.03 bits per heavy atom. The zero-order chi connectivity index (χ0) is 21.3. The van der Waals surface area contributed by atoms with Gasteiger partial charge in [0, 0.05) is 29.7 Å². The van der Waals surface area contributed by atoms with Crippen LogP contribution in [0, 0.1) is 5.82 Å². The fraction of sp³-hybridized carbons (Fsp3) is 0.190. The van der Waals surface area contributed by atoms with Crippen molar-refractivity contribution in [1.82, 2.24) is 15.2 Å². The molecule has 0 spiro atoms. The first-order valence-corrected chi connectivity index (χ1v) is 10.5. The normalized spacial score (nSPS) is 16.6. The van der Waals surface area contributed by atoms with Gasteiger partial charge in [0.25, 0.3) is 5.91 Å². The van der Waals surface area contributed by atoms with Gasteiger partial charge in [0.05, 0.1) is 11.2 Å². The van der Waals surface area contributed by atoms with Gasteiger partial charge in [0.2, 0.25) is 5.91 Å². The molecule has 1 atom stereocenters. The maximum Gasteiger partial charge on any atom is 0.267 e. The van der Waals surface area contributed by atoms with Crippen molar-refractivity contribution in [2.75, 3.05) is 6.54 Å². The molecule has 1 aromatic carbocycles. The van der Waals surface area contributed by atoms with Gasteiger partial charge < -0.3 is 14.7 Å². The van der Waals surface area contributed by atoms with E-state index in [1.807, 2.05) is 0 Å². The van der Waals surface area contributed by atoms with E-state index in [1.165, 1.54) is 23.3 Å². The highest BCUT2D eigenvalue weighted by molar-refractivity contribution is 8.26. The van der Waals surface area contributed by atoms with E-state index in [1.54, 1.807) is 37.4 Å². The highest BCUT2D eigenvalue weighted by atomic mass is 32.2. The fourth-order valence-electron chi connectivity index (χ4n) is 3.26. The number of fused-ring (bicyclic) bond motifs is 1. The molecule has 30 heavy (non-hydrogen) atoms. The summed E-state index contributed by atoms with van der Waals surface area (Å²) in [7, 11) is 0. The number of aromatic nitrogens is 1. The minimum Gasteiger partial charge on any atom is -0.465 e. The van der Waals surface area contributed by atoms with Gasteiger partial charge in [0.1, 0.15) is 21.9 Å². The molecule has 3 heterocycles. The van der Waals surface area contributed by atoms with Gasteiger partial charge in [-0.05, 0) is 49.2 Å². The summed E-state index contributed by atoms with van der Waals surface area (Å²) in [5.41, 5.74) is 1.75. The number of carbonyl (C=O) groups excluding carboxylic acids is 2. The molecular formula is C21H18FN3O3S2. The Bertz CT molecular complexity index is 1150. The van der Waals surface area contributed by atoms with Gasteiger partial charge in [-0.15, -0.1) is 0 Å². The van der Waals surface area contributed by atoms with Crippen molar-refractivity contribution in [1.29, 1.82) is 0 Å². The molecule has 0 radical (unpaired) electrons. The first kappa shape index (κ1) is 20.4. The Labute approximate surface area is 181 Å². The van der Waals surface area contributed by atoms with Crippen molar-refractivity contribution in [2.24, 2.45) is 0 Å². The molecule has 1 saturated heterocycles. The molecule has 2 amide bonds. The van der Waals surface area contributed by atoms with E-state index < -0.39 is 6.04 Å². The van der Waals surface area contributed by atoms with E-state index in [-0.39, 0.29) is 17.6 Å². The van der Waals surface area contributed by atoms with Crippen molar-refractivity contribution in [3.8, 4) is 0 Å². The van der Waals surface area contributed by atoms with Crippen LogP contribution in [-0.2, 0) is 16.0 Å². The van der Waals surface area contributed by atoms with Crippen LogP contribution in [0.4, 0.5) is 4.39 Å². The second-order valence-electron chi connectivity index (χ2n) is 6.79. The largest absolute Gasteiger partial charge is 0.465 e. The Morgan fingerprint density at radius 2 is 2.27 bits per heavy atom. The van der Waals surface area contributed by atoms with E-state index in [0.717, 1.165) is 28.2 Å². The highest BCUT2D eigenvalue weighted by Gasteiger charge is 2.38. The zero-order valence-electron chi connectivity index (χ0n) is 16.0. The molecule has 6 nitrogen and oxygen atoms in total. The number of hydrogen-bond acceptors (Lipinski definition) is 5. The van der Waals surface area contributed by atoms with Crippen LogP contribution in [0.1, 0.15) is 18.2 Å². The van der Waals surface area contributed by atoms with Crippen LogP contribution in [0.5, 0.6) is 0 Å². The molecular weight excluding hydrogens is 425 g/mol. The molecule has 4 rings (SSSR count). The van der Waals surface area contributed by atoms with E-state index in [9.17, 15) is 14.0 Å². The topological polar surface area (TPSA) is 78.3 Å². The lowest BCUT2D eigenvalue weighted by Crippen LogP contribution is -2.47. The SMILES string of the molecule is C[C@@H](C(=O)NCCc1c[nH]c2ccc(F)cc12)N1C(=O)/C(=C\c2ccco2)SC1=S. The lowest BCUT2D eigenvalue weighted by molar-refractivity contribution is -0.132. The van der Waals surface area contributed by atoms with E-state index in [0.29, 0.717) is 28.0 Å². The number of thioether (sulfide) groups is 1. The van der Waals surface area contributed by atoms with Gasteiger partial charge in [0.15, 0.2) is 0 Å². The third-order valence-electron chi connectivity index (χ3n) is 4.83. The highest BCUT2D eigenvalue weighted by Crippen LogP contribution is 2.34. The third kappa shape index (κ3) is 4.03. The fourth-order valence-corrected chi connectivity index (χ4v) is 4.66. The molecule has 2 aromatic heterocycles. The van der Waals surface area contributed by atoms with Gasteiger partial charge in [-0.1, -0.05) is 24.0 Å². The number of rotatable bonds is 6. The molecule has 154 valence electrons. The number of H-pyrrole nitrogens is 1. The quantitative estimate of drug-likeness (QED) is 0.447. The minimum atomic E-state index is -0.750. The lowest BCUT2D eigenvalue weighted by Gasteiger charge is -2.22. The van der Waals surface area contributed by atoms with Crippen LogP contribution < -0.4 is 5.32 Å². The van der Waals surface area contributed by atoms with E-state index in [2.05, 4.69) is 10.3 Å². The smallest absolute Gasteiger partial charge is 0.267 e. The Hall–Kier alpha value is -2.91. The van der Waals surface area contributed by atoms with Crippen LogP contribution >= 0.6 is 24.0 Å². The van der Waals surface area contributed by atoms with E-state index >= 15 is 0 Å². The Morgan fingerprint density at radius 1 is 1.43 bits per heavy atom. The number of aromatic amines is 1. The lowest BCUT2D eigenvalue weighted by atomic mass is 10.1. The number of thiocarbonyl (C=S) groups is 1. The summed E-state index contributed by atoms with van der Waals surface area (Å²) in [6, 6.07) is 7.26. The molecule has 0 unspecified atom stereocenters. The summed E-state index contributed by atoms with van der Waals surface area (Å²) in [4.78, 5) is 30.1. The summed E-state index contributed by atoms with van der Waals surface area (Å²) < 4.78 is 19.1. The number of hydrogen-bond donors (Lipinski definition) is 2. The molecule has 0 aliphatic carbocycles. The molecule has 0 saturated carbocycles. The summed E-state index contributed by atoms with van der Waals surface area (Å²) in [5.74, 6) is -0.395. The van der Waals surface area contributed by atoms with Crippen LogP contribution in [0.25, 0.3) is 17.0 Å².